The van der Waals surface area contributed by atoms with Crippen LogP contribution in [0.1, 0.15) is 185 Å². The number of fused-ring (bicyclic) bond motifs is 1. The van der Waals surface area contributed by atoms with Gasteiger partial charge < -0.3 is 60.0 Å². The molecule has 0 radical (unpaired) electrons. The molecule has 2 aromatic rings. The molecule has 2 aromatic carbocycles. The van der Waals surface area contributed by atoms with Crippen LogP contribution in [0.2, 0.25) is 5.02 Å². The number of alkyl halides is 5. The lowest BCUT2D eigenvalue weighted by Crippen LogP contribution is -2.65. The molecule has 3 saturated carbocycles. The van der Waals surface area contributed by atoms with Gasteiger partial charge in [-0.3, -0.25) is 57.5 Å². The van der Waals surface area contributed by atoms with Gasteiger partial charge >= 0.3 is 6.18 Å². The van der Waals surface area contributed by atoms with Gasteiger partial charge in [-0.2, -0.15) is 13.2 Å². The second kappa shape index (κ2) is 37.4. The van der Waals surface area contributed by atoms with E-state index >= 15 is 24.0 Å². The number of hydrogen-bond donors (Lipinski definition) is 3. The molecule has 7 rings (SSSR count). The second-order valence-electron chi connectivity index (χ2n) is 31.1. The van der Waals surface area contributed by atoms with E-state index in [0.717, 1.165) is 77.1 Å². The SMILES string of the molecule is CC[C@H](C)[C@@H]1NC(=O)[C@H](CC(C)C)N(C)C(=O)C[C@@H](C(=O)N(C)C)N(C)C(=O)[C@H](C2CCCC2)N(C)C(=O)C2(CCCC2)NC(=O)[C@H](Cc2ccc(C(F)F)cc2)N(C)C(=O)[C@H](CCc2ccc(C(F)(F)F)c(Cl)c2)NC(=O)CN(C)C(=O)[C@H](CC2CCCCC2)N(C)C(=O)C2CCN2C(=O)[C@H](C)N(C)C1=O. The predicted octanol–water partition coefficient (Wildman–Crippen LogP) is 7.66. The van der Waals surface area contributed by atoms with Gasteiger partial charge in [-0.05, 0) is 112 Å². The fourth-order valence-electron chi connectivity index (χ4n) is 15.9. The zero-order chi connectivity index (χ0) is 79.4. The number of halogens is 6. The maximum absolute atomic E-state index is 15.8. The zero-order valence-corrected chi connectivity index (χ0v) is 65.3. The van der Waals surface area contributed by atoms with Gasteiger partial charge in [0.1, 0.15) is 59.9 Å². The van der Waals surface area contributed by atoms with E-state index in [-0.39, 0.29) is 86.4 Å². The van der Waals surface area contributed by atoms with Crippen LogP contribution in [-0.4, -0.2) is 251 Å². The maximum atomic E-state index is 15.8. The third kappa shape index (κ3) is 20.9. The number of carbonyl (C=O) groups is 12. The molecule has 2 aliphatic heterocycles. The smallest absolute Gasteiger partial charge is 0.347 e. The first kappa shape index (κ1) is 86.3. The first-order valence-corrected chi connectivity index (χ1v) is 38.1. The molecule has 2 saturated heterocycles. The van der Waals surface area contributed by atoms with Gasteiger partial charge in [0.25, 0.3) is 6.43 Å². The predicted molar refractivity (Wildman–Crippen MR) is 391 cm³/mol. The Hall–Kier alpha value is -7.98. The Morgan fingerprint density at radius 2 is 1.25 bits per heavy atom. The van der Waals surface area contributed by atoms with Gasteiger partial charge in [0.05, 0.1) is 23.6 Å². The number of rotatable bonds is 14. The Balaban J connectivity index is 1.35. The van der Waals surface area contributed by atoms with Crippen LogP contribution < -0.4 is 16.0 Å². The second-order valence-corrected chi connectivity index (χ2v) is 31.6. The van der Waals surface area contributed by atoms with E-state index in [1.807, 2.05) is 20.8 Å². The van der Waals surface area contributed by atoms with Crippen LogP contribution in [0.3, 0.4) is 0 Å². The van der Waals surface area contributed by atoms with Crippen LogP contribution in [-0.2, 0) is 76.6 Å². The molecule has 0 bridgehead atoms. The molecule has 24 nitrogen and oxygen atoms in total. The van der Waals surface area contributed by atoms with Crippen molar-refractivity contribution in [2.24, 2.45) is 23.7 Å². The molecule has 3 N–H and O–H groups in total. The summed E-state index contributed by atoms with van der Waals surface area (Å²) in [4.78, 5) is 192. The third-order valence-electron chi connectivity index (χ3n) is 23.1. The largest absolute Gasteiger partial charge is 0.417 e. The van der Waals surface area contributed by atoms with Crippen molar-refractivity contribution in [3.05, 3.63) is 69.7 Å². The molecule has 5 fully saturated rings. The van der Waals surface area contributed by atoms with E-state index < -0.39 is 179 Å². The summed E-state index contributed by atoms with van der Waals surface area (Å²) in [6.45, 7) is 8.15. The summed E-state index contributed by atoms with van der Waals surface area (Å²) in [7, 11) is 12.5. The number of likely N-dealkylation sites (N-methyl/N-ethyl adjacent to an activating group) is 8. The monoisotopic (exact) mass is 1530 g/mol. The van der Waals surface area contributed by atoms with Crippen LogP contribution >= 0.6 is 11.6 Å². The van der Waals surface area contributed by atoms with Crippen molar-refractivity contribution in [1.29, 1.82) is 0 Å². The standard InChI is InChI=1S/C77H112ClF5N12O12/c1-15-46(4)63-73(105)89(9)47(5)68(100)95-38-35-56(95)72(104)92(12)59(42-48-23-17-16-18-24-48)71(103)88(8)44-61(96)84-55(34-30-49-29-33-53(54(78)40-49)77(81,82)83)69(101)91(11)58(41-50-27-31-52(32-28-50)65(79)80)67(99)86-76(36-21-22-37-76)75(107)94(14)64(51-25-19-20-26-51)74(106)93(13)60(70(102)87(6)7)43-62(97)90(10)57(39-45(2)3)66(98)85-63/h27-29,31-33,40,45-48,51,55-60,63-65H,15-26,30,34-39,41-44H2,1-14H3,(H,84,96)(H,85,98)(H,86,99)/t46-,47-,55-,56?,57-,58-,59-,60-,63-,64-/m0/s1. The Morgan fingerprint density at radius 3 is 1.80 bits per heavy atom. The quantitative estimate of drug-likeness (QED) is 0.154. The minimum atomic E-state index is -4.82. The lowest BCUT2D eigenvalue weighted by molar-refractivity contribution is -0.160. The highest BCUT2D eigenvalue weighted by Gasteiger charge is 2.52. The Labute approximate surface area is 631 Å². The van der Waals surface area contributed by atoms with E-state index in [1.165, 1.54) is 112 Å². The molecule has 594 valence electrons. The summed E-state index contributed by atoms with van der Waals surface area (Å²) < 4.78 is 70.2. The van der Waals surface area contributed by atoms with E-state index in [1.54, 1.807) is 6.92 Å². The normalized spacial score (nSPS) is 26.3. The molecule has 5 aliphatic rings. The number of carbonyl (C=O) groups excluding carboxylic acids is 12. The van der Waals surface area contributed by atoms with Crippen molar-refractivity contribution in [2.75, 3.05) is 76.5 Å². The van der Waals surface area contributed by atoms with Crippen molar-refractivity contribution >= 4 is 82.5 Å². The number of amides is 12. The lowest BCUT2D eigenvalue weighted by Gasteiger charge is -2.45. The van der Waals surface area contributed by atoms with Gasteiger partial charge in [-0.1, -0.05) is 134 Å². The highest BCUT2D eigenvalue weighted by Crippen LogP contribution is 2.39. The van der Waals surface area contributed by atoms with Gasteiger partial charge in [0.15, 0.2) is 0 Å². The average Bonchev–Trinajstić information content (AvgIpc) is 1.62. The molecule has 107 heavy (non-hydrogen) atoms. The Morgan fingerprint density at radius 1 is 0.654 bits per heavy atom. The van der Waals surface area contributed by atoms with Crippen molar-refractivity contribution in [2.45, 2.75) is 242 Å². The van der Waals surface area contributed by atoms with Gasteiger partial charge in [0, 0.05) is 82.0 Å². The highest BCUT2D eigenvalue weighted by molar-refractivity contribution is 6.31. The highest BCUT2D eigenvalue weighted by atomic mass is 35.5. The third-order valence-corrected chi connectivity index (χ3v) is 23.4. The van der Waals surface area contributed by atoms with E-state index in [2.05, 4.69) is 16.0 Å². The summed E-state index contributed by atoms with van der Waals surface area (Å²) in [5.74, 6) is -9.99. The number of nitrogens with one attached hydrogen (secondary N) is 3. The Kier molecular flexibility index (Phi) is 30.2. The summed E-state index contributed by atoms with van der Waals surface area (Å²) in [5, 5.41) is 7.97. The molecule has 30 heteroatoms. The van der Waals surface area contributed by atoms with Crippen molar-refractivity contribution in [3.63, 3.8) is 0 Å². The Bertz CT molecular complexity index is 3530. The number of nitrogens with zero attached hydrogens (tertiary/aromatic N) is 9. The molecule has 1 unspecified atom stereocenters. The number of benzene rings is 2. The first-order chi connectivity index (χ1) is 50.2. The summed E-state index contributed by atoms with van der Waals surface area (Å²) in [6.07, 6.45) is -1.06. The summed E-state index contributed by atoms with van der Waals surface area (Å²) >= 11 is 6.19. The fraction of sp³-hybridized carbons (Fsp3) is 0.688. The molecule has 10 atom stereocenters. The molecular weight excluding hydrogens is 1420 g/mol. The first-order valence-electron chi connectivity index (χ1n) is 37.8. The van der Waals surface area contributed by atoms with Gasteiger partial charge in [-0.15, -0.1) is 0 Å². The van der Waals surface area contributed by atoms with Crippen molar-refractivity contribution in [3.8, 4) is 0 Å². The van der Waals surface area contributed by atoms with Gasteiger partial charge in [-0.25, -0.2) is 8.78 Å². The molecule has 1 spiro atoms. The van der Waals surface area contributed by atoms with Crippen LogP contribution in [0.25, 0.3) is 0 Å². The molecule has 2 heterocycles. The number of hydrogen-bond acceptors (Lipinski definition) is 12. The van der Waals surface area contributed by atoms with Crippen molar-refractivity contribution < 1.29 is 79.5 Å². The van der Waals surface area contributed by atoms with E-state index in [4.69, 9.17) is 11.6 Å². The van der Waals surface area contributed by atoms with Gasteiger partial charge in [0.2, 0.25) is 70.9 Å². The fourth-order valence-corrected chi connectivity index (χ4v) is 16.2. The summed E-state index contributed by atoms with van der Waals surface area (Å²) in [5.41, 5.74) is -2.74. The lowest BCUT2D eigenvalue weighted by atomic mass is 9.84. The van der Waals surface area contributed by atoms with E-state index in [0.29, 0.717) is 44.9 Å². The van der Waals surface area contributed by atoms with Crippen LogP contribution in [0, 0.1) is 23.7 Å². The zero-order valence-electron chi connectivity index (χ0n) is 64.6. The minimum absolute atomic E-state index is 0.0299. The molecule has 0 aromatic heterocycles. The van der Waals surface area contributed by atoms with Crippen LogP contribution in [0.5, 0.6) is 0 Å². The molecule has 3 aliphatic carbocycles. The number of aryl methyl sites for hydroxylation is 1. The van der Waals surface area contributed by atoms with E-state index in [9.17, 15) is 55.5 Å². The minimum Gasteiger partial charge on any atom is -0.347 e. The van der Waals surface area contributed by atoms with Crippen molar-refractivity contribution in [1.82, 2.24) is 60.0 Å². The average molecular weight is 1530 g/mol. The van der Waals surface area contributed by atoms with Crippen LogP contribution in [0.15, 0.2) is 42.5 Å². The maximum Gasteiger partial charge on any atom is 0.417 e. The summed E-state index contributed by atoms with van der Waals surface area (Å²) in [6, 6.07) is -3.97. The molecule has 12 amide bonds. The topological polar surface area (TPSA) is 270 Å². The van der Waals surface area contributed by atoms with Crippen LogP contribution in [0.4, 0.5) is 22.0 Å². The molecular formula is C77H112ClF5N12O12.